The largest absolute Gasteiger partial charge is 0.345 e. The van der Waals surface area contributed by atoms with E-state index in [1.807, 2.05) is 0 Å². The maximum absolute atomic E-state index is 12.5. The van der Waals surface area contributed by atoms with Gasteiger partial charge in [-0.05, 0) is 18.4 Å². The van der Waals surface area contributed by atoms with E-state index in [1.54, 1.807) is 19.2 Å². The molecule has 10 nitrogen and oxygen atoms in total. The lowest BCUT2D eigenvalue weighted by Crippen LogP contribution is -2.37. The van der Waals surface area contributed by atoms with Crippen LogP contribution in [0, 0.1) is 10.1 Å². The number of piperidine rings is 1. The zero-order chi connectivity index (χ0) is 19.8. The van der Waals surface area contributed by atoms with Gasteiger partial charge < -0.3 is 0 Å². The first kappa shape index (κ1) is 19.2. The van der Waals surface area contributed by atoms with E-state index in [0.717, 1.165) is 5.56 Å². The van der Waals surface area contributed by atoms with Crippen molar-refractivity contribution in [3.8, 4) is 0 Å². The van der Waals surface area contributed by atoms with Crippen molar-refractivity contribution in [2.45, 2.75) is 25.3 Å². The second-order valence-electron chi connectivity index (χ2n) is 6.72. The van der Waals surface area contributed by atoms with Crippen LogP contribution in [-0.4, -0.2) is 51.3 Å². The van der Waals surface area contributed by atoms with Crippen molar-refractivity contribution >= 4 is 15.7 Å². The van der Waals surface area contributed by atoms with E-state index in [4.69, 9.17) is 0 Å². The zero-order valence-electron chi connectivity index (χ0n) is 15.1. The van der Waals surface area contributed by atoms with Crippen molar-refractivity contribution < 1.29 is 13.3 Å². The summed E-state index contributed by atoms with van der Waals surface area (Å²) in [6.45, 7) is 1.03. The molecular weight excluding hydrogens is 374 g/mol. The number of nitro benzene ring substituents is 1. The fourth-order valence-corrected chi connectivity index (χ4v) is 4.18. The van der Waals surface area contributed by atoms with Crippen LogP contribution in [0.1, 0.15) is 30.1 Å². The average Bonchev–Trinajstić information content (AvgIpc) is 2.90. The van der Waals surface area contributed by atoms with Crippen LogP contribution in [0.5, 0.6) is 0 Å². The van der Waals surface area contributed by atoms with E-state index < -0.39 is 14.9 Å². The fourth-order valence-electron chi connectivity index (χ4n) is 3.30. The van der Waals surface area contributed by atoms with Crippen LogP contribution in [0.15, 0.2) is 29.1 Å². The Hall–Kier alpha value is -2.53. The molecule has 1 aromatic heterocycles. The monoisotopic (exact) mass is 395 g/mol. The maximum atomic E-state index is 12.5. The van der Waals surface area contributed by atoms with Gasteiger partial charge in [-0.15, -0.1) is 0 Å². The van der Waals surface area contributed by atoms with Gasteiger partial charge in [0, 0.05) is 38.2 Å². The van der Waals surface area contributed by atoms with Gasteiger partial charge in [0.2, 0.25) is 10.0 Å². The van der Waals surface area contributed by atoms with Crippen LogP contribution in [0.3, 0.4) is 0 Å². The summed E-state index contributed by atoms with van der Waals surface area (Å²) in [5.41, 5.74) is 0.457. The lowest BCUT2D eigenvalue weighted by Gasteiger charge is -2.29. The molecular formula is C16H21N5O5S. The molecule has 11 heteroatoms. The Balaban J connectivity index is 1.77. The van der Waals surface area contributed by atoms with Crippen LogP contribution >= 0.6 is 0 Å². The van der Waals surface area contributed by atoms with Crippen molar-refractivity contribution in [3.05, 3.63) is 56.3 Å². The number of benzene rings is 1. The van der Waals surface area contributed by atoms with Crippen molar-refractivity contribution in [3.63, 3.8) is 0 Å². The van der Waals surface area contributed by atoms with Crippen LogP contribution in [0.25, 0.3) is 0 Å². The molecule has 3 rings (SSSR count). The smallest absolute Gasteiger partial charge is 0.282 e. The molecule has 1 aromatic carbocycles. The van der Waals surface area contributed by atoms with Gasteiger partial charge in [0.15, 0.2) is 0 Å². The second-order valence-corrected chi connectivity index (χ2v) is 8.70. The van der Waals surface area contributed by atoms with Crippen LogP contribution in [0.4, 0.5) is 5.69 Å². The Morgan fingerprint density at radius 2 is 1.81 bits per heavy atom. The van der Waals surface area contributed by atoms with Gasteiger partial charge in [-0.1, -0.05) is 12.1 Å². The standard InChI is InChI=1S/C16H21N5O5S/c1-18-15(13-7-9-19(10-8-13)27(2,25)26)17-20(16(18)22)11-12-3-5-14(6-4-12)21(23)24/h3-6,13H,7-11H2,1-2H3. The molecule has 27 heavy (non-hydrogen) atoms. The van der Waals surface area contributed by atoms with Crippen LogP contribution < -0.4 is 5.69 Å². The van der Waals surface area contributed by atoms with Crippen molar-refractivity contribution in [2.75, 3.05) is 19.3 Å². The molecule has 2 aromatic rings. The summed E-state index contributed by atoms with van der Waals surface area (Å²) < 4.78 is 27.5. The number of hydrogen-bond acceptors (Lipinski definition) is 6. The highest BCUT2D eigenvalue weighted by Gasteiger charge is 2.29. The number of nitro groups is 1. The molecule has 1 aliphatic heterocycles. The van der Waals surface area contributed by atoms with E-state index in [9.17, 15) is 23.3 Å². The van der Waals surface area contributed by atoms with Crippen molar-refractivity contribution in [2.24, 2.45) is 7.05 Å². The summed E-state index contributed by atoms with van der Waals surface area (Å²) >= 11 is 0. The Kier molecular flexibility index (Phi) is 5.16. The molecule has 1 saturated heterocycles. The summed E-state index contributed by atoms with van der Waals surface area (Å²) in [6.07, 6.45) is 2.41. The number of hydrogen-bond donors (Lipinski definition) is 0. The Morgan fingerprint density at radius 3 is 2.33 bits per heavy atom. The summed E-state index contributed by atoms with van der Waals surface area (Å²) in [7, 11) is -1.55. The first-order chi connectivity index (χ1) is 12.7. The van der Waals surface area contributed by atoms with Crippen molar-refractivity contribution in [1.82, 2.24) is 18.7 Å². The molecule has 0 unspecified atom stereocenters. The molecule has 146 valence electrons. The number of non-ortho nitro benzene ring substituents is 1. The molecule has 0 atom stereocenters. The van der Waals surface area contributed by atoms with Crippen molar-refractivity contribution in [1.29, 1.82) is 0 Å². The van der Waals surface area contributed by atoms with Gasteiger partial charge in [-0.3, -0.25) is 14.7 Å². The number of rotatable bonds is 5. The topological polar surface area (TPSA) is 120 Å². The molecule has 1 fully saturated rings. The molecule has 0 bridgehead atoms. The highest BCUT2D eigenvalue weighted by molar-refractivity contribution is 7.88. The molecule has 0 amide bonds. The van der Waals surface area contributed by atoms with Gasteiger partial charge >= 0.3 is 5.69 Å². The van der Waals surface area contributed by atoms with Gasteiger partial charge in [0.05, 0.1) is 17.7 Å². The molecule has 0 saturated carbocycles. The van der Waals surface area contributed by atoms with E-state index in [-0.39, 0.29) is 23.8 Å². The van der Waals surface area contributed by atoms with Gasteiger partial charge in [-0.25, -0.2) is 22.2 Å². The SMILES string of the molecule is Cn1c(C2CCN(S(C)(=O)=O)CC2)nn(Cc2ccc([N+](=O)[O-])cc2)c1=O. The third-order valence-electron chi connectivity index (χ3n) is 4.84. The minimum Gasteiger partial charge on any atom is -0.282 e. The summed E-state index contributed by atoms with van der Waals surface area (Å²) in [5, 5.41) is 15.2. The number of sulfonamides is 1. The number of nitrogens with zero attached hydrogens (tertiary/aromatic N) is 5. The normalized spacial score (nSPS) is 16.5. The third kappa shape index (κ3) is 4.08. The molecule has 0 spiro atoms. The Labute approximate surface area is 156 Å². The minimum atomic E-state index is -3.20. The maximum Gasteiger partial charge on any atom is 0.345 e. The fraction of sp³-hybridized carbons (Fsp3) is 0.500. The van der Waals surface area contributed by atoms with Gasteiger partial charge in [0.1, 0.15) is 5.82 Å². The predicted molar refractivity (Wildman–Crippen MR) is 98.1 cm³/mol. The van der Waals surface area contributed by atoms with E-state index in [0.29, 0.717) is 31.8 Å². The molecule has 0 N–H and O–H groups in total. The van der Waals surface area contributed by atoms with Gasteiger partial charge in [0.25, 0.3) is 5.69 Å². The predicted octanol–water partition coefficient (Wildman–Crippen LogP) is 0.677. The molecule has 0 aliphatic carbocycles. The molecule has 1 aliphatic rings. The lowest BCUT2D eigenvalue weighted by molar-refractivity contribution is -0.384. The van der Waals surface area contributed by atoms with Gasteiger partial charge in [-0.2, -0.15) is 5.10 Å². The van der Waals surface area contributed by atoms with Crippen LogP contribution in [-0.2, 0) is 23.6 Å². The lowest BCUT2D eigenvalue weighted by atomic mass is 9.97. The quantitative estimate of drug-likeness (QED) is 0.542. The molecule has 0 radical (unpaired) electrons. The van der Waals surface area contributed by atoms with E-state index in [2.05, 4.69) is 5.10 Å². The average molecular weight is 395 g/mol. The third-order valence-corrected chi connectivity index (χ3v) is 6.15. The van der Waals surface area contributed by atoms with E-state index in [1.165, 1.54) is 31.9 Å². The minimum absolute atomic E-state index is 0.00885. The highest BCUT2D eigenvalue weighted by atomic mass is 32.2. The Bertz CT molecular complexity index is 1000. The Morgan fingerprint density at radius 1 is 1.22 bits per heavy atom. The second kappa shape index (κ2) is 7.24. The van der Waals surface area contributed by atoms with E-state index >= 15 is 0 Å². The van der Waals surface area contributed by atoms with Crippen LogP contribution in [0.2, 0.25) is 0 Å². The number of aromatic nitrogens is 3. The summed E-state index contributed by atoms with van der Waals surface area (Å²) in [4.78, 5) is 22.7. The zero-order valence-corrected chi connectivity index (χ0v) is 15.9. The summed E-state index contributed by atoms with van der Waals surface area (Å²) in [5.74, 6) is 0.647. The first-order valence-electron chi connectivity index (χ1n) is 8.49. The highest BCUT2D eigenvalue weighted by Crippen LogP contribution is 2.27. The first-order valence-corrected chi connectivity index (χ1v) is 10.3. The molecule has 2 heterocycles. The summed E-state index contributed by atoms with van der Waals surface area (Å²) in [6, 6.07) is 5.99.